The topological polar surface area (TPSA) is 100 Å². The molecule has 0 saturated carbocycles. The molecule has 0 spiro atoms. The Kier molecular flexibility index (Phi) is 7.37. The molecule has 3 N–H and O–H groups in total. The van der Waals surface area contributed by atoms with Gasteiger partial charge in [0.2, 0.25) is 5.95 Å². The summed E-state index contributed by atoms with van der Waals surface area (Å²) in [6.07, 6.45) is 2.66. The number of aromatic nitrogens is 3. The Bertz CT molecular complexity index is 871. The number of amides is 1. The standard InChI is InChI=1S/C15H14FN5O2S.C2H6/c16-10-5-9(6-17-8-10)7-19-15-20-11-1-4-24-13(11)12(21-15)14(23)18-2-3-22;1-2/h1,4-6,8,22H,2-3,7H2,(H,18,23)(H,19,20,21);1-2H3. The summed E-state index contributed by atoms with van der Waals surface area (Å²) in [5.41, 5.74) is 1.52. The van der Waals surface area contributed by atoms with E-state index in [4.69, 9.17) is 5.11 Å². The van der Waals surface area contributed by atoms with Crippen molar-refractivity contribution in [1.29, 1.82) is 0 Å². The van der Waals surface area contributed by atoms with Gasteiger partial charge >= 0.3 is 0 Å². The van der Waals surface area contributed by atoms with Crippen LogP contribution in [0.5, 0.6) is 0 Å². The van der Waals surface area contributed by atoms with E-state index in [-0.39, 0.29) is 37.2 Å². The number of fused-ring (bicyclic) bond motifs is 1. The summed E-state index contributed by atoms with van der Waals surface area (Å²) in [5.74, 6) is -0.541. The molecule has 0 unspecified atom stereocenters. The lowest BCUT2D eigenvalue weighted by Crippen LogP contribution is -2.27. The van der Waals surface area contributed by atoms with E-state index in [0.29, 0.717) is 15.8 Å². The average Bonchev–Trinajstić information content (AvgIpc) is 3.14. The van der Waals surface area contributed by atoms with E-state index in [1.54, 1.807) is 6.07 Å². The van der Waals surface area contributed by atoms with Gasteiger partial charge in [-0.2, -0.15) is 0 Å². The summed E-state index contributed by atoms with van der Waals surface area (Å²) < 4.78 is 13.8. The lowest BCUT2D eigenvalue weighted by Gasteiger charge is -2.08. The number of rotatable bonds is 6. The number of anilines is 1. The summed E-state index contributed by atoms with van der Waals surface area (Å²) in [5, 5.41) is 16.2. The lowest BCUT2D eigenvalue weighted by atomic mass is 10.3. The third-order valence-corrected chi connectivity index (χ3v) is 4.04. The molecule has 7 nitrogen and oxygen atoms in total. The minimum atomic E-state index is -0.424. The van der Waals surface area contributed by atoms with E-state index >= 15 is 0 Å². The van der Waals surface area contributed by atoms with Gasteiger partial charge in [-0.3, -0.25) is 9.78 Å². The number of nitrogens with one attached hydrogen (secondary N) is 2. The molecule has 0 fully saturated rings. The number of aliphatic hydroxyl groups excluding tert-OH is 1. The monoisotopic (exact) mass is 377 g/mol. The van der Waals surface area contributed by atoms with E-state index in [0.717, 1.165) is 6.20 Å². The molecule has 0 aliphatic rings. The van der Waals surface area contributed by atoms with Crippen molar-refractivity contribution in [1.82, 2.24) is 20.3 Å². The van der Waals surface area contributed by atoms with Crippen molar-refractivity contribution in [2.75, 3.05) is 18.5 Å². The van der Waals surface area contributed by atoms with Gasteiger partial charge in [0.15, 0.2) is 5.69 Å². The Morgan fingerprint density at radius 2 is 2.12 bits per heavy atom. The number of carbonyl (C=O) groups is 1. The van der Waals surface area contributed by atoms with Gasteiger partial charge in [0.1, 0.15) is 5.82 Å². The zero-order chi connectivity index (χ0) is 18.9. The summed E-state index contributed by atoms with van der Waals surface area (Å²) in [7, 11) is 0. The molecule has 26 heavy (non-hydrogen) atoms. The van der Waals surface area contributed by atoms with Crippen LogP contribution in [0, 0.1) is 5.82 Å². The zero-order valence-electron chi connectivity index (χ0n) is 14.5. The Morgan fingerprint density at radius 1 is 1.31 bits per heavy atom. The van der Waals surface area contributed by atoms with Crippen molar-refractivity contribution in [2.24, 2.45) is 0 Å². The molecule has 3 rings (SSSR count). The molecule has 0 radical (unpaired) electrons. The van der Waals surface area contributed by atoms with Crippen molar-refractivity contribution in [3.8, 4) is 0 Å². The largest absolute Gasteiger partial charge is 0.395 e. The van der Waals surface area contributed by atoms with Crippen molar-refractivity contribution < 1.29 is 14.3 Å². The molecule has 0 saturated heterocycles. The first-order valence-electron chi connectivity index (χ1n) is 8.15. The first kappa shape index (κ1) is 19.7. The smallest absolute Gasteiger partial charge is 0.271 e. The van der Waals surface area contributed by atoms with Crippen LogP contribution in [0.4, 0.5) is 10.3 Å². The molecule has 3 heterocycles. The van der Waals surface area contributed by atoms with E-state index in [9.17, 15) is 9.18 Å². The van der Waals surface area contributed by atoms with Gasteiger partial charge < -0.3 is 15.7 Å². The maximum atomic E-state index is 13.2. The Hall–Kier alpha value is -2.65. The molecular weight excluding hydrogens is 357 g/mol. The summed E-state index contributed by atoms with van der Waals surface area (Å²) in [6.45, 7) is 4.27. The van der Waals surface area contributed by atoms with Crippen LogP contribution >= 0.6 is 11.3 Å². The first-order valence-corrected chi connectivity index (χ1v) is 9.03. The third-order valence-electron chi connectivity index (χ3n) is 3.13. The van der Waals surface area contributed by atoms with Crippen LogP contribution in [-0.4, -0.2) is 39.1 Å². The number of hydrogen-bond acceptors (Lipinski definition) is 7. The number of hydrogen-bond donors (Lipinski definition) is 3. The fourth-order valence-corrected chi connectivity index (χ4v) is 2.90. The second kappa shape index (κ2) is 9.73. The number of thiophene rings is 1. The molecule has 3 aromatic rings. The lowest BCUT2D eigenvalue weighted by molar-refractivity contribution is 0.0942. The van der Waals surface area contributed by atoms with Gasteiger partial charge in [-0.15, -0.1) is 11.3 Å². The highest BCUT2D eigenvalue weighted by molar-refractivity contribution is 7.17. The second-order valence-corrected chi connectivity index (χ2v) is 5.79. The number of pyridine rings is 1. The van der Waals surface area contributed by atoms with Crippen molar-refractivity contribution in [2.45, 2.75) is 20.4 Å². The highest BCUT2D eigenvalue weighted by Gasteiger charge is 2.15. The predicted octanol–water partition coefficient (Wildman–Crippen LogP) is 2.59. The van der Waals surface area contributed by atoms with Crippen molar-refractivity contribution in [3.63, 3.8) is 0 Å². The molecule has 0 bridgehead atoms. The van der Waals surface area contributed by atoms with Crippen LogP contribution in [0.25, 0.3) is 10.2 Å². The van der Waals surface area contributed by atoms with E-state index in [2.05, 4.69) is 25.6 Å². The molecule has 0 aliphatic heterocycles. The summed E-state index contributed by atoms with van der Waals surface area (Å²) >= 11 is 1.37. The van der Waals surface area contributed by atoms with Gasteiger partial charge in [0.05, 0.1) is 23.0 Å². The number of aliphatic hydroxyl groups is 1. The van der Waals surface area contributed by atoms with Gasteiger partial charge in [-0.05, 0) is 23.1 Å². The van der Waals surface area contributed by atoms with Crippen molar-refractivity contribution >= 4 is 33.4 Å². The van der Waals surface area contributed by atoms with Crippen LogP contribution in [-0.2, 0) is 6.54 Å². The minimum Gasteiger partial charge on any atom is -0.395 e. The Labute approximate surface area is 154 Å². The molecule has 0 aliphatic carbocycles. The molecule has 0 atom stereocenters. The molecule has 138 valence electrons. The highest BCUT2D eigenvalue weighted by Crippen LogP contribution is 2.23. The number of halogens is 1. The molecular formula is C17H20FN5O2S. The zero-order valence-corrected chi connectivity index (χ0v) is 15.3. The highest BCUT2D eigenvalue weighted by atomic mass is 32.1. The van der Waals surface area contributed by atoms with Gasteiger partial charge in [-0.1, -0.05) is 13.8 Å². The fourth-order valence-electron chi connectivity index (χ4n) is 2.08. The SMILES string of the molecule is CC.O=C(NCCO)c1nc(NCc2cncc(F)c2)nc2ccsc12. The third kappa shape index (κ3) is 4.93. The van der Waals surface area contributed by atoms with E-state index in [1.807, 2.05) is 19.2 Å². The molecule has 3 aromatic heterocycles. The van der Waals surface area contributed by atoms with Crippen LogP contribution < -0.4 is 10.6 Å². The van der Waals surface area contributed by atoms with Crippen LogP contribution in [0.1, 0.15) is 29.9 Å². The quantitative estimate of drug-likeness (QED) is 0.611. The average molecular weight is 377 g/mol. The normalized spacial score (nSPS) is 10.2. The second-order valence-electron chi connectivity index (χ2n) is 4.88. The van der Waals surface area contributed by atoms with Crippen molar-refractivity contribution in [3.05, 3.63) is 47.0 Å². The minimum absolute atomic E-state index is 0.146. The first-order chi connectivity index (χ1) is 12.7. The van der Waals surface area contributed by atoms with Gasteiger partial charge in [-0.25, -0.2) is 14.4 Å². The maximum absolute atomic E-state index is 13.2. The van der Waals surface area contributed by atoms with Crippen LogP contribution in [0.2, 0.25) is 0 Å². The Balaban J connectivity index is 0.00000117. The van der Waals surface area contributed by atoms with E-state index < -0.39 is 5.82 Å². The summed E-state index contributed by atoms with van der Waals surface area (Å²) in [4.78, 5) is 24.6. The van der Waals surface area contributed by atoms with Crippen LogP contribution in [0.3, 0.4) is 0 Å². The molecule has 0 aromatic carbocycles. The Morgan fingerprint density at radius 3 is 2.85 bits per heavy atom. The summed E-state index contributed by atoms with van der Waals surface area (Å²) in [6, 6.07) is 3.15. The fraction of sp³-hybridized carbons (Fsp3) is 0.294. The number of nitrogens with zero attached hydrogens (tertiary/aromatic N) is 3. The van der Waals surface area contributed by atoms with Gasteiger partial charge in [0, 0.05) is 19.3 Å². The van der Waals surface area contributed by atoms with E-state index in [1.165, 1.54) is 23.6 Å². The molecule has 1 amide bonds. The van der Waals surface area contributed by atoms with Crippen LogP contribution in [0.15, 0.2) is 29.9 Å². The van der Waals surface area contributed by atoms with Gasteiger partial charge in [0.25, 0.3) is 5.91 Å². The molecule has 9 heteroatoms. The maximum Gasteiger partial charge on any atom is 0.271 e. The number of carbonyl (C=O) groups excluding carboxylic acids is 1. The predicted molar refractivity (Wildman–Crippen MR) is 99.7 cm³/mol.